The van der Waals surface area contributed by atoms with Crippen LogP contribution >= 0.6 is 0 Å². The Bertz CT molecular complexity index is 887. The number of hydrogen-bond donors (Lipinski definition) is 1. The Morgan fingerprint density at radius 3 is 1.97 bits per heavy atom. The molecule has 1 atom stereocenters. The highest BCUT2D eigenvalue weighted by Gasteiger charge is 2.36. The van der Waals surface area contributed by atoms with Crippen LogP contribution in [0.3, 0.4) is 0 Å². The van der Waals surface area contributed by atoms with E-state index in [0.29, 0.717) is 17.7 Å². The number of carbonyl (C=O) groups excluding carboxylic acids is 3. The lowest BCUT2D eigenvalue weighted by molar-refractivity contribution is -0.121. The number of fused-ring (bicyclic) bond motifs is 1. The van der Waals surface area contributed by atoms with Gasteiger partial charge in [0.2, 0.25) is 5.91 Å². The van der Waals surface area contributed by atoms with Crippen LogP contribution in [0.4, 0.5) is 5.69 Å². The number of nitrogens with one attached hydrogen (secondary N) is 1. The molecule has 152 valence electrons. The number of nitrogens with zero attached hydrogens (tertiary/aromatic N) is 3. The molecule has 0 bridgehead atoms. The average molecular weight is 394 g/mol. The SMILES string of the molecule is CN(C)c1ccc(C(CNC(=O)CN2C(=O)c3ccccc3C2=O)N(C)C)cc1. The van der Waals surface area contributed by atoms with Crippen LogP contribution in [-0.2, 0) is 4.79 Å². The maximum atomic E-state index is 12.5. The predicted octanol–water partition coefficient (Wildman–Crippen LogP) is 1.77. The summed E-state index contributed by atoms with van der Waals surface area (Å²) in [7, 11) is 7.86. The molecule has 2 aromatic carbocycles. The Morgan fingerprint density at radius 1 is 0.931 bits per heavy atom. The Kier molecular flexibility index (Phi) is 5.98. The van der Waals surface area contributed by atoms with Gasteiger partial charge in [-0.25, -0.2) is 0 Å². The van der Waals surface area contributed by atoms with Gasteiger partial charge in [0.1, 0.15) is 6.54 Å². The lowest BCUT2D eigenvalue weighted by Crippen LogP contribution is -2.42. The fraction of sp³-hybridized carbons (Fsp3) is 0.318. The predicted molar refractivity (Wildman–Crippen MR) is 112 cm³/mol. The summed E-state index contributed by atoms with van der Waals surface area (Å²) in [5.74, 6) is -1.22. The molecule has 1 aliphatic heterocycles. The van der Waals surface area contributed by atoms with Gasteiger partial charge in [0, 0.05) is 26.3 Å². The van der Waals surface area contributed by atoms with Gasteiger partial charge in [-0.05, 0) is 43.9 Å². The fourth-order valence-corrected chi connectivity index (χ4v) is 3.39. The molecule has 1 N–H and O–H groups in total. The summed E-state index contributed by atoms with van der Waals surface area (Å²) in [6.07, 6.45) is 0. The van der Waals surface area contributed by atoms with Gasteiger partial charge in [-0.2, -0.15) is 0 Å². The highest BCUT2D eigenvalue weighted by molar-refractivity contribution is 6.22. The number of rotatable bonds is 7. The summed E-state index contributed by atoms with van der Waals surface area (Å²) in [6, 6.07) is 14.7. The van der Waals surface area contributed by atoms with Crippen molar-refractivity contribution in [1.82, 2.24) is 15.1 Å². The molecular weight excluding hydrogens is 368 g/mol. The maximum Gasteiger partial charge on any atom is 0.262 e. The van der Waals surface area contributed by atoms with Gasteiger partial charge < -0.3 is 15.1 Å². The van der Waals surface area contributed by atoms with Crippen molar-refractivity contribution in [2.45, 2.75) is 6.04 Å². The quantitative estimate of drug-likeness (QED) is 0.725. The van der Waals surface area contributed by atoms with Gasteiger partial charge in [-0.15, -0.1) is 0 Å². The van der Waals surface area contributed by atoms with Crippen molar-refractivity contribution in [2.75, 3.05) is 46.2 Å². The standard InChI is InChI=1S/C22H26N4O3/c1-24(2)16-11-9-15(10-12-16)19(25(3)4)13-23-20(27)14-26-21(28)17-7-5-6-8-18(17)22(26)29/h5-12,19H,13-14H2,1-4H3,(H,23,27). The largest absolute Gasteiger partial charge is 0.378 e. The van der Waals surface area contributed by atoms with Crippen molar-refractivity contribution in [3.63, 3.8) is 0 Å². The van der Waals surface area contributed by atoms with E-state index in [2.05, 4.69) is 5.32 Å². The zero-order valence-corrected chi connectivity index (χ0v) is 17.2. The third kappa shape index (κ3) is 4.30. The molecule has 2 aromatic rings. The molecule has 7 heteroatoms. The number of hydrogen-bond acceptors (Lipinski definition) is 5. The van der Waals surface area contributed by atoms with Crippen LogP contribution < -0.4 is 10.2 Å². The lowest BCUT2D eigenvalue weighted by atomic mass is 10.1. The minimum atomic E-state index is -0.427. The molecule has 0 radical (unpaired) electrons. The van der Waals surface area contributed by atoms with Crippen molar-refractivity contribution in [3.05, 3.63) is 65.2 Å². The molecule has 0 aromatic heterocycles. The van der Waals surface area contributed by atoms with E-state index >= 15 is 0 Å². The van der Waals surface area contributed by atoms with E-state index in [-0.39, 0.29) is 18.5 Å². The molecule has 1 heterocycles. The Morgan fingerprint density at radius 2 is 1.48 bits per heavy atom. The van der Waals surface area contributed by atoms with E-state index < -0.39 is 11.8 Å². The van der Waals surface area contributed by atoms with Crippen molar-refractivity contribution in [1.29, 1.82) is 0 Å². The molecule has 0 aliphatic carbocycles. The van der Waals surface area contributed by atoms with E-state index in [9.17, 15) is 14.4 Å². The molecule has 29 heavy (non-hydrogen) atoms. The molecular formula is C22H26N4O3. The minimum Gasteiger partial charge on any atom is -0.378 e. The molecule has 7 nitrogen and oxygen atoms in total. The van der Waals surface area contributed by atoms with Crippen molar-refractivity contribution >= 4 is 23.4 Å². The van der Waals surface area contributed by atoms with Crippen LogP contribution in [0.15, 0.2) is 48.5 Å². The second-order valence-corrected chi connectivity index (χ2v) is 7.51. The summed E-state index contributed by atoms with van der Waals surface area (Å²) in [4.78, 5) is 42.3. The highest BCUT2D eigenvalue weighted by atomic mass is 16.2. The summed E-state index contributed by atoms with van der Waals surface area (Å²) < 4.78 is 0. The number of imide groups is 1. The smallest absolute Gasteiger partial charge is 0.262 e. The second kappa shape index (κ2) is 8.45. The van der Waals surface area contributed by atoms with E-state index in [0.717, 1.165) is 16.2 Å². The van der Waals surface area contributed by atoms with E-state index in [4.69, 9.17) is 0 Å². The van der Waals surface area contributed by atoms with Gasteiger partial charge in [-0.1, -0.05) is 24.3 Å². The topological polar surface area (TPSA) is 73.0 Å². The number of anilines is 1. The van der Waals surface area contributed by atoms with Crippen molar-refractivity contribution in [3.8, 4) is 0 Å². The Balaban J connectivity index is 1.63. The fourth-order valence-electron chi connectivity index (χ4n) is 3.39. The number of amides is 3. The molecule has 1 unspecified atom stereocenters. The van der Waals surface area contributed by atoms with Crippen molar-refractivity contribution < 1.29 is 14.4 Å². The summed E-state index contributed by atoms with van der Waals surface area (Å²) in [6.45, 7) is 0.0857. The van der Waals surface area contributed by atoms with Crippen LogP contribution in [0, 0.1) is 0 Å². The average Bonchev–Trinajstić information content (AvgIpc) is 2.93. The Labute approximate surface area is 170 Å². The van der Waals surface area contributed by atoms with Crippen LogP contribution in [0.5, 0.6) is 0 Å². The first-order chi connectivity index (χ1) is 13.8. The molecule has 3 rings (SSSR count). The van der Waals surface area contributed by atoms with E-state index in [1.54, 1.807) is 24.3 Å². The third-order valence-corrected chi connectivity index (χ3v) is 5.09. The molecule has 3 amide bonds. The maximum absolute atomic E-state index is 12.5. The first kappa shape index (κ1) is 20.5. The van der Waals surface area contributed by atoms with Gasteiger partial charge >= 0.3 is 0 Å². The number of likely N-dealkylation sites (N-methyl/N-ethyl adjacent to an activating group) is 1. The molecule has 0 spiro atoms. The van der Waals surface area contributed by atoms with Gasteiger partial charge in [0.15, 0.2) is 0 Å². The van der Waals surface area contributed by atoms with Gasteiger partial charge in [0.05, 0.1) is 17.2 Å². The first-order valence-electron chi connectivity index (χ1n) is 9.45. The molecule has 0 saturated heterocycles. The normalized spacial score (nSPS) is 14.2. The summed E-state index contributed by atoms with van der Waals surface area (Å²) in [5, 5.41) is 2.86. The monoisotopic (exact) mass is 394 g/mol. The van der Waals surface area contributed by atoms with Crippen molar-refractivity contribution in [2.24, 2.45) is 0 Å². The summed E-state index contributed by atoms with van der Waals surface area (Å²) >= 11 is 0. The van der Waals surface area contributed by atoms with E-state index in [1.807, 2.05) is 62.3 Å². The third-order valence-electron chi connectivity index (χ3n) is 5.09. The van der Waals surface area contributed by atoms with E-state index in [1.165, 1.54) is 0 Å². The van der Waals surface area contributed by atoms with Gasteiger partial charge in [0.25, 0.3) is 11.8 Å². The minimum absolute atomic E-state index is 0.0302. The lowest BCUT2D eigenvalue weighted by Gasteiger charge is -2.26. The second-order valence-electron chi connectivity index (χ2n) is 7.51. The van der Waals surface area contributed by atoms with Crippen LogP contribution in [-0.4, -0.2) is 68.8 Å². The Hall–Kier alpha value is -3.19. The molecule has 1 aliphatic rings. The first-order valence-corrected chi connectivity index (χ1v) is 9.45. The molecule has 0 fully saturated rings. The van der Waals surface area contributed by atoms with Crippen LogP contribution in [0.1, 0.15) is 32.3 Å². The van der Waals surface area contributed by atoms with Crippen LogP contribution in [0.25, 0.3) is 0 Å². The zero-order chi connectivity index (χ0) is 21.1. The van der Waals surface area contributed by atoms with Crippen LogP contribution in [0.2, 0.25) is 0 Å². The molecule has 0 saturated carbocycles. The number of benzene rings is 2. The summed E-state index contributed by atoms with van der Waals surface area (Å²) in [5.41, 5.74) is 2.86. The zero-order valence-electron chi connectivity index (χ0n) is 17.2. The number of carbonyl (C=O) groups is 3. The van der Waals surface area contributed by atoms with Gasteiger partial charge in [-0.3, -0.25) is 19.3 Å². The highest BCUT2D eigenvalue weighted by Crippen LogP contribution is 2.23.